The Balaban J connectivity index is 1.54. The lowest BCUT2D eigenvalue weighted by molar-refractivity contribution is -0.128. The van der Waals surface area contributed by atoms with Gasteiger partial charge in [0.25, 0.3) is 5.91 Å². The molecule has 33 heavy (non-hydrogen) atoms. The van der Waals surface area contributed by atoms with Gasteiger partial charge in [-0.05, 0) is 61.2 Å². The molecule has 0 radical (unpaired) electrons. The number of benzene rings is 2. The van der Waals surface area contributed by atoms with E-state index in [1.54, 1.807) is 7.11 Å². The highest BCUT2D eigenvalue weighted by Gasteiger charge is 2.51. The topological polar surface area (TPSA) is 118 Å². The minimum Gasteiger partial charge on any atom is -0.497 e. The summed E-state index contributed by atoms with van der Waals surface area (Å²) in [5.74, 6) is 0.151. The second-order valence-electron chi connectivity index (χ2n) is 7.80. The number of carbonyl (C=O) groups excluding carboxylic acids is 2. The molecule has 1 aliphatic carbocycles. The molecule has 2 aromatic rings. The first-order valence-electron chi connectivity index (χ1n) is 10.6. The molecule has 3 rings (SSSR count). The number of aryl methyl sites for hydroxylation is 1. The van der Waals surface area contributed by atoms with Crippen molar-refractivity contribution in [2.75, 3.05) is 12.4 Å². The predicted molar refractivity (Wildman–Crippen MR) is 130 cm³/mol. The molecule has 8 nitrogen and oxygen atoms in total. The minimum atomic E-state index is -0.902. The number of amides is 2. The van der Waals surface area contributed by atoms with Crippen molar-refractivity contribution in [3.63, 3.8) is 0 Å². The molecule has 5 N–H and O–H groups in total. The monoisotopic (exact) mass is 447 g/mol. The molecule has 2 aromatic carbocycles. The average molecular weight is 448 g/mol. The van der Waals surface area contributed by atoms with Gasteiger partial charge in [-0.15, -0.1) is 0 Å². The molecule has 1 fully saturated rings. The molecule has 8 heteroatoms. The van der Waals surface area contributed by atoms with Crippen LogP contribution in [0.15, 0.2) is 72.0 Å². The van der Waals surface area contributed by atoms with Crippen LogP contribution in [0.3, 0.4) is 0 Å². The number of hydrogen-bond donors (Lipinski definition) is 4. The lowest BCUT2D eigenvalue weighted by atomic mass is 10.1. The van der Waals surface area contributed by atoms with Gasteiger partial charge < -0.3 is 26.4 Å². The quantitative estimate of drug-likeness (QED) is 0.330. The van der Waals surface area contributed by atoms with E-state index in [2.05, 4.69) is 27.5 Å². The third-order valence-corrected chi connectivity index (χ3v) is 5.42. The van der Waals surface area contributed by atoms with Gasteiger partial charge in [0.1, 0.15) is 11.3 Å². The summed E-state index contributed by atoms with van der Waals surface area (Å²) in [6.45, 7) is 5.83. The fourth-order valence-electron chi connectivity index (χ4n) is 3.25. The highest BCUT2D eigenvalue weighted by Crippen LogP contribution is 2.36. The Bertz CT molecular complexity index is 1090. The maximum Gasteiger partial charge on any atom is 0.255 e. The van der Waals surface area contributed by atoms with Crippen molar-refractivity contribution < 1.29 is 14.3 Å². The summed E-state index contributed by atoms with van der Waals surface area (Å²) in [5.41, 5.74) is 8.71. The van der Waals surface area contributed by atoms with E-state index in [0.29, 0.717) is 19.4 Å². The third kappa shape index (κ3) is 6.00. The Kier molecular flexibility index (Phi) is 7.50. The maximum atomic E-state index is 12.7. The van der Waals surface area contributed by atoms with Crippen molar-refractivity contribution in [2.24, 2.45) is 10.7 Å². The van der Waals surface area contributed by atoms with Gasteiger partial charge in [-0.25, -0.2) is 0 Å². The van der Waals surface area contributed by atoms with Crippen LogP contribution < -0.4 is 26.4 Å². The maximum absolute atomic E-state index is 12.7. The summed E-state index contributed by atoms with van der Waals surface area (Å²) in [6, 6.07) is 13.6. The number of methoxy groups -OCH3 is 1. The lowest BCUT2D eigenvalue weighted by Crippen LogP contribution is -2.49. The van der Waals surface area contributed by atoms with Gasteiger partial charge in [0.15, 0.2) is 0 Å². The smallest absolute Gasteiger partial charge is 0.255 e. The molecule has 1 saturated carbocycles. The highest BCUT2D eigenvalue weighted by molar-refractivity contribution is 6.13. The molecule has 0 saturated heterocycles. The largest absolute Gasteiger partial charge is 0.497 e. The van der Waals surface area contributed by atoms with Crippen molar-refractivity contribution in [1.29, 1.82) is 0 Å². The number of rotatable bonds is 10. The summed E-state index contributed by atoms with van der Waals surface area (Å²) < 4.78 is 5.24. The van der Waals surface area contributed by atoms with Crippen LogP contribution in [-0.4, -0.2) is 30.7 Å². The molecule has 0 unspecified atom stereocenters. The van der Waals surface area contributed by atoms with E-state index in [0.717, 1.165) is 34.5 Å². The zero-order valence-electron chi connectivity index (χ0n) is 18.9. The van der Waals surface area contributed by atoms with Gasteiger partial charge in [-0.2, -0.15) is 0 Å². The molecule has 0 aliphatic heterocycles. The molecule has 0 atom stereocenters. The van der Waals surface area contributed by atoms with Crippen molar-refractivity contribution >= 4 is 29.4 Å². The van der Waals surface area contributed by atoms with Crippen LogP contribution in [0.4, 0.5) is 11.4 Å². The first-order valence-corrected chi connectivity index (χ1v) is 10.6. The highest BCUT2D eigenvalue weighted by atomic mass is 16.5. The SMILES string of the molecule is C=C/N=C\C(=C/N)C(=O)NC1(C(=O)NCc2ccc(Nc3ccc(OC)cc3C)cc2)CC1. The standard InChI is InChI=1S/C25H29N5O3/c1-4-27-16-19(14-26)23(31)30-25(11-12-25)24(32)28-15-18-5-7-20(8-6-18)29-22-10-9-21(33-3)13-17(22)2/h4-10,13-14,16,29H,1,11-12,15,26H2,2-3H3,(H,28,32)(H,30,31)/b19-14+,27-16-. The summed E-state index contributed by atoms with van der Waals surface area (Å²) in [5, 5.41) is 9.06. The second-order valence-corrected chi connectivity index (χ2v) is 7.80. The minimum absolute atomic E-state index is 0.171. The van der Waals surface area contributed by atoms with E-state index in [1.807, 2.05) is 49.4 Å². The third-order valence-electron chi connectivity index (χ3n) is 5.42. The number of ether oxygens (including phenoxy) is 1. The van der Waals surface area contributed by atoms with Crippen molar-refractivity contribution in [1.82, 2.24) is 10.6 Å². The predicted octanol–water partition coefficient (Wildman–Crippen LogP) is 3.07. The van der Waals surface area contributed by atoms with Crippen LogP contribution in [0.1, 0.15) is 24.0 Å². The van der Waals surface area contributed by atoms with Crippen molar-refractivity contribution in [3.05, 3.63) is 78.1 Å². The number of hydrogen-bond acceptors (Lipinski definition) is 6. The number of aliphatic imine (C=N–C) groups is 1. The fraction of sp³-hybridized carbons (Fsp3) is 0.240. The Labute approximate surface area is 193 Å². The van der Waals surface area contributed by atoms with Crippen LogP contribution in [-0.2, 0) is 16.1 Å². The average Bonchev–Trinajstić information content (AvgIpc) is 3.60. The van der Waals surface area contributed by atoms with E-state index < -0.39 is 11.4 Å². The number of carbonyl (C=O) groups is 2. The van der Waals surface area contributed by atoms with Crippen LogP contribution >= 0.6 is 0 Å². The van der Waals surface area contributed by atoms with Crippen LogP contribution in [0.5, 0.6) is 5.75 Å². The Hall–Kier alpha value is -4.07. The number of nitrogens with two attached hydrogens (primary N) is 1. The molecular formula is C25H29N5O3. The van der Waals surface area contributed by atoms with E-state index in [4.69, 9.17) is 10.5 Å². The van der Waals surface area contributed by atoms with E-state index >= 15 is 0 Å². The molecule has 2 amide bonds. The van der Waals surface area contributed by atoms with Crippen molar-refractivity contribution in [2.45, 2.75) is 31.8 Å². The van der Waals surface area contributed by atoms with Gasteiger partial charge in [-0.1, -0.05) is 18.7 Å². The Morgan fingerprint density at radius 1 is 1.21 bits per heavy atom. The zero-order valence-corrected chi connectivity index (χ0v) is 18.9. The second kappa shape index (κ2) is 10.5. The number of nitrogens with one attached hydrogen (secondary N) is 3. The summed E-state index contributed by atoms with van der Waals surface area (Å²) in [7, 11) is 1.64. The van der Waals surface area contributed by atoms with Gasteiger partial charge in [0.2, 0.25) is 5.91 Å². The number of anilines is 2. The van der Waals surface area contributed by atoms with E-state index in [1.165, 1.54) is 12.4 Å². The Morgan fingerprint density at radius 3 is 2.52 bits per heavy atom. The molecule has 172 valence electrons. The summed E-state index contributed by atoms with van der Waals surface area (Å²) in [6.07, 6.45) is 4.91. The molecule has 0 spiro atoms. The van der Waals surface area contributed by atoms with E-state index in [-0.39, 0.29) is 11.5 Å². The fourth-order valence-corrected chi connectivity index (χ4v) is 3.25. The van der Waals surface area contributed by atoms with E-state index in [9.17, 15) is 9.59 Å². The van der Waals surface area contributed by atoms with Gasteiger partial charge >= 0.3 is 0 Å². The van der Waals surface area contributed by atoms with Gasteiger partial charge in [0, 0.05) is 36.5 Å². The molecule has 0 heterocycles. The molecule has 0 aromatic heterocycles. The normalized spacial score (nSPS) is 14.4. The number of nitrogens with zero attached hydrogens (tertiary/aromatic N) is 1. The van der Waals surface area contributed by atoms with Crippen molar-refractivity contribution in [3.8, 4) is 5.75 Å². The molecular weight excluding hydrogens is 418 g/mol. The molecule has 1 aliphatic rings. The van der Waals surface area contributed by atoms with Crippen LogP contribution in [0.25, 0.3) is 0 Å². The molecule has 0 bridgehead atoms. The lowest BCUT2D eigenvalue weighted by Gasteiger charge is -2.17. The summed E-state index contributed by atoms with van der Waals surface area (Å²) in [4.78, 5) is 28.9. The van der Waals surface area contributed by atoms with Gasteiger partial charge in [-0.3, -0.25) is 14.6 Å². The van der Waals surface area contributed by atoms with Crippen LogP contribution in [0.2, 0.25) is 0 Å². The summed E-state index contributed by atoms with van der Waals surface area (Å²) >= 11 is 0. The first kappa shape index (κ1) is 23.6. The Morgan fingerprint density at radius 2 is 1.94 bits per heavy atom. The zero-order chi connectivity index (χ0) is 23.8. The van der Waals surface area contributed by atoms with Crippen LogP contribution in [0, 0.1) is 6.92 Å². The van der Waals surface area contributed by atoms with Gasteiger partial charge in [0.05, 0.1) is 12.7 Å². The first-order chi connectivity index (χ1) is 15.9.